The fraction of sp³-hybridized carbons (Fsp3) is 0.312. The van der Waals surface area contributed by atoms with E-state index >= 15 is 4.39 Å². The van der Waals surface area contributed by atoms with E-state index in [0.29, 0.717) is 55.2 Å². The number of amides is 2. The Morgan fingerprint density at radius 3 is 2.53 bits per heavy atom. The molecule has 0 saturated carbocycles. The van der Waals surface area contributed by atoms with Crippen molar-refractivity contribution in [1.82, 2.24) is 15.2 Å². The molecule has 1 heterocycles. The summed E-state index contributed by atoms with van der Waals surface area (Å²) >= 11 is 6.77. The topological polar surface area (TPSA) is 107 Å². The number of phenols is 1. The van der Waals surface area contributed by atoms with Crippen molar-refractivity contribution in [3.05, 3.63) is 77.1 Å². The molecule has 1 unspecified atom stereocenters. The maximum atomic E-state index is 15.1. The summed E-state index contributed by atoms with van der Waals surface area (Å²) in [5.74, 6) is -0.200. The van der Waals surface area contributed by atoms with E-state index < -0.39 is 5.82 Å². The first-order valence-electron chi connectivity index (χ1n) is 13.8. The Morgan fingerprint density at radius 2 is 1.95 bits per heavy atom. The number of aromatic hydroxyl groups is 1. The van der Waals surface area contributed by atoms with Crippen LogP contribution in [0.2, 0.25) is 5.02 Å². The van der Waals surface area contributed by atoms with Crippen LogP contribution < -0.4 is 15.0 Å². The van der Waals surface area contributed by atoms with E-state index in [1.807, 2.05) is 37.8 Å². The molecule has 2 amide bonds. The quantitative estimate of drug-likeness (QED) is 0.0995. The van der Waals surface area contributed by atoms with Gasteiger partial charge in [-0.25, -0.2) is 9.37 Å². The van der Waals surface area contributed by atoms with Gasteiger partial charge in [0.2, 0.25) is 12.8 Å². The molecule has 3 aromatic rings. The molecule has 2 N–H and O–H groups in total. The zero-order chi connectivity index (χ0) is 31.7. The molecular weight excluding hydrogens is 573 g/mol. The van der Waals surface area contributed by atoms with Gasteiger partial charge in [-0.1, -0.05) is 49.7 Å². The molecule has 2 aromatic carbocycles. The third-order valence-electron chi connectivity index (χ3n) is 6.96. The zero-order valence-corrected chi connectivity index (χ0v) is 25.7. The maximum absolute atomic E-state index is 15.1. The number of nitrogens with zero attached hydrogens (tertiary/aromatic N) is 4. The van der Waals surface area contributed by atoms with Gasteiger partial charge in [-0.15, -0.1) is 6.58 Å². The van der Waals surface area contributed by atoms with Crippen molar-refractivity contribution in [2.45, 2.75) is 39.2 Å². The minimum absolute atomic E-state index is 0.0174. The van der Waals surface area contributed by atoms with Crippen LogP contribution in [-0.2, 0) is 9.59 Å². The lowest BCUT2D eigenvalue weighted by Crippen LogP contribution is -2.45. The number of hydrogen-bond acceptors (Lipinski definition) is 6. The highest BCUT2D eigenvalue weighted by Gasteiger charge is 2.30. The molecule has 43 heavy (non-hydrogen) atoms. The van der Waals surface area contributed by atoms with Gasteiger partial charge in [0.15, 0.2) is 5.82 Å². The number of methoxy groups -OCH3 is 1. The van der Waals surface area contributed by atoms with Gasteiger partial charge in [0.05, 0.1) is 34.6 Å². The van der Waals surface area contributed by atoms with Crippen molar-refractivity contribution in [3.63, 3.8) is 0 Å². The Kier molecular flexibility index (Phi) is 11.7. The van der Waals surface area contributed by atoms with Gasteiger partial charge >= 0.3 is 0 Å². The predicted molar refractivity (Wildman–Crippen MR) is 169 cm³/mol. The van der Waals surface area contributed by atoms with Crippen molar-refractivity contribution < 1.29 is 23.8 Å². The molecule has 0 saturated heterocycles. The average molecular weight is 610 g/mol. The molecule has 1 aromatic heterocycles. The zero-order valence-electron chi connectivity index (χ0n) is 25.0. The van der Waals surface area contributed by atoms with Crippen molar-refractivity contribution in [2.75, 3.05) is 32.1 Å². The van der Waals surface area contributed by atoms with Crippen LogP contribution >= 0.6 is 11.6 Å². The third-order valence-corrected chi connectivity index (χ3v) is 7.25. The molecule has 0 aliphatic rings. The van der Waals surface area contributed by atoms with Crippen LogP contribution in [0.1, 0.15) is 44.2 Å². The number of anilines is 2. The van der Waals surface area contributed by atoms with Crippen LogP contribution in [0.25, 0.3) is 11.3 Å². The molecule has 0 spiro atoms. The normalized spacial score (nSPS) is 12.0. The lowest BCUT2D eigenvalue weighted by atomic mass is 9.99. The van der Waals surface area contributed by atoms with Gasteiger partial charge in [0.25, 0.3) is 0 Å². The molecule has 3 rings (SSSR count). The standard InChI is InChI=1S/C32H37ClFN5O4/c1-7-8-15-38(21(4)17-36-18-40)31(35-5)23-16-24(33)29(28-25(34)12-10-13-26(28)42)37-32(23)39(19-41)30-22(20(2)3)11-9-14-27(30)43-6/h7,9-14,16,18-21,42H,1,8,15,17H2,2-6H3,(H,36,40)/b35-31+. The third kappa shape index (κ3) is 7.14. The van der Waals surface area contributed by atoms with E-state index in [-0.39, 0.29) is 39.8 Å². The fourth-order valence-electron chi connectivity index (χ4n) is 4.88. The van der Waals surface area contributed by atoms with E-state index in [0.717, 1.165) is 5.56 Å². The summed E-state index contributed by atoms with van der Waals surface area (Å²) in [4.78, 5) is 36.8. The molecule has 0 radical (unpaired) electrons. The number of carbonyl (C=O) groups is 2. The molecule has 11 heteroatoms. The monoisotopic (exact) mass is 609 g/mol. The fourth-order valence-corrected chi connectivity index (χ4v) is 5.13. The SMILES string of the molecule is C=CCCN(/C(=N/C)c1cc(Cl)c(-c2c(O)cccc2F)nc1N(C=O)c1c(OC)cccc1C(C)C)C(C)CNC=O. The number of carbonyl (C=O) groups excluding carboxylic acids is 2. The number of ether oxygens (including phenoxy) is 1. The Bertz CT molecular complexity index is 1480. The summed E-state index contributed by atoms with van der Waals surface area (Å²) in [6, 6.07) is 10.6. The largest absolute Gasteiger partial charge is 0.507 e. The molecule has 0 bridgehead atoms. The average Bonchev–Trinajstić information content (AvgIpc) is 2.99. The highest BCUT2D eigenvalue weighted by molar-refractivity contribution is 6.33. The van der Waals surface area contributed by atoms with Crippen molar-refractivity contribution in [2.24, 2.45) is 4.99 Å². The minimum atomic E-state index is -0.739. The number of pyridine rings is 1. The van der Waals surface area contributed by atoms with Crippen LogP contribution in [0.5, 0.6) is 11.5 Å². The first kappa shape index (κ1) is 33.1. The second-order valence-electron chi connectivity index (χ2n) is 10.0. The molecule has 1 atom stereocenters. The first-order chi connectivity index (χ1) is 20.6. The Balaban J connectivity index is 2.44. The lowest BCUT2D eigenvalue weighted by Gasteiger charge is -2.34. The second kappa shape index (κ2) is 15.2. The number of amidine groups is 1. The molecule has 0 fully saturated rings. The summed E-state index contributed by atoms with van der Waals surface area (Å²) < 4.78 is 20.8. The van der Waals surface area contributed by atoms with E-state index in [9.17, 15) is 14.7 Å². The summed E-state index contributed by atoms with van der Waals surface area (Å²) in [6.45, 7) is 10.5. The van der Waals surface area contributed by atoms with Crippen LogP contribution in [0.15, 0.2) is 60.1 Å². The Labute approximate surface area is 256 Å². The molecule has 0 aliphatic heterocycles. The van der Waals surface area contributed by atoms with Crippen molar-refractivity contribution in [3.8, 4) is 22.8 Å². The summed E-state index contributed by atoms with van der Waals surface area (Å²) in [6.07, 6.45) is 3.57. The number of halogens is 2. The highest BCUT2D eigenvalue weighted by Crippen LogP contribution is 2.43. The number of phenolic OH excluding ortho intramolecular Hbond substituents is 1. The van der Waals surface area contributed by atoms with Crippen molar-refractivity contribution >= 4 is 41.8 Å². The lowest BCUT2D eigenvalue weighted by molar-refractivity contribution is -0.109. The summed E-state index contributed by atoms with van der Waals surface area (Å²) in [5.41, 5.74) is 1.33. The van der Waals surface area contributed by atoms with Crippen LogP contribution in [0.3, 0.4) is 0 Å². The summed E-state index contributed by atoms with van der Waals surface area (Å²) in [5, 5.41) is 13.3. The minimum Gasteiger partial charge on any atom is -0.507 e. The predicted octanol–water partition coefficient (Wildman–Crippen LogP) is 6.06. The Hall–Kier alpha value is -4.44. The van der Waals surface area contributed by atoms with Crippen molar-refractivity contribution in [1.29, 1.82) is 0 Å². The molecule has 0 aliphatic carbocycles. The maximum Gasteiger partial charge on any atom is 0.220 e. The number of para-hydroxylation sites is 1. The smallest absolute Gasteiger partial charge is 0.220 e. The van der Waals surface area contributed by atoms with Gasteiger partial charge in [-0.3, -0.25) is 19.5 Å². The highest BCUT2D eigenvalue weighted by atomic mass is 35.5. The number of benzene rings is 2. The van der Waals surface area contributed by atoms with Gasteiger partial charge in [0, 0.05) is 26.2 Å². The number of nitrogens with one attached hydrogen (secondary N) is 1. The van der Waals surface area contributed by atoms with Gasteiger partial charge in [-0.2, -0.15) is 0 Å². The van der Waals surface area contributed by atoms with E-state index in [1.54, 1.807) is 25.3 Å². The van der Waals surface area contributed by atoms with Crippen LogP contribution in [0, 0.1) is 5.82 Å². The summed E-state index contributed by atoms with van der Waals surface area (Å²) in [7, 11) is 3.10. The molecular formula is C32H37ClFN5O4. The molecule has 9 nitrogen and oxygen atoms in total. The first-order valence-corrected chi connectivity index (χ1v) is 14.1. The van der Waals surface area contributed by atoms with E-state index in [4.69, 9.17) is 21.3 Å². The van der Waals surface area contributed by atoms with Gasteiger partial charge in [0.1, 0.15) is 23.2 Å². The van der Waals surface area contributed by atoms with E-state index in [2.05, 4.69) is 16.9 Å². The Morgan fingerprint density at radius 1 is 1.23 bits per heavy atom. The van der Waals surface area contributed by atoms with Gasteiger partial charge in [-0.05, 0) is 49.1 Å². The van der Waals surface area contributed by atoms with E-state index in [1.165, 1.54) is 30.2 Å². The van der Waals surface area contributed by atoms with Crippen LogP contribution in [-0.4, -0.2) is 66.9 Å². The number of aromatic nitrogens is 1. The number of hydrogen-bond donors (Lipinski definition) is 2. The second-order valence-corrected chi connectivity index (χ2v) is 10.5. The number of aliphatic imine (C=N–C) groups is 1. The molecule has 228 valence electrons. The number of rotatable bonds is 14. The van der Waals surface area contributed by atoms with Crippen LogP contribution in [0.4, 0.5) is 15.9 Å². The van der Waals surface area contributed by atoms with Gasteiger partial charge < -0.3 is 20.1 Å².